The summed E-state index contributed by atoms with van der Waals surface area (Å²) in [5.74, 6) is 2.68. The summed E-state index contributed by atoms with van der Waals surface area (Å²) in [6.45, 7) is 1.64. The van der Waals surface area contributed by atoms with Crippen LogP contribution < -0.4 is 5.32 Å². The number of hydrogen-bond donors (Lipinski definition) is 1. The van der Waals surface area contributed by atoms with Crippen LogP contribution in [0.1, 0.15) is 55.1 Å². The van der Waals surface area contributed by atoms with Crippen molar-refractivity contribution < 1.29 is 13.7 Å². The lowest BCUT2D eigenvalue weighted by Gasteiger charge is -2.20. The molecule has 0 aromatic carbocycles. The number of nitrogens with zero attached hydrogens (tertiary/aromatic N) is 3. The van der Waals surface area contributed by atoms with Crippen molar-refractivity contribution in [1.29, 1.82) is 0 Å². The number of aromatic nitrogens is 2. The van der Waals surface area contributed by atoms with Crippen LogP contribution in [0.15, 0.2) is 27.3 Å². The van der Waals surface area contributed by atoms with Gasteiger partial charge in [0.25, 0.3) is 0 Å². The molecule has 122 valence electrons. The molecule has 4 rings (SSSR count). The van der Waals surface area contributed by atoms with Gasteiger partial charge < -0.3 is 14.3 Å². The van der Waals surface area contributed by atoms with Gasteiger partial charge in [0.1, 0.15) is 5.76 Å². The van der Waals surface area contributed by atoms with Crippen LogP contribution in [0, 0.1) is 0 Å². The maximum absolute atomic E-state index is 12.1. The van der Waals surface area contributed by atoms with E-state index in [2.05, 4.69) is 20.4 Å². The Bertz CT molecular complexity index is 663. The average molecular weight is 316 g/mol. The maximum Gasteiger partial charge on any atom is 0.234 e. The van der Waals surface area contributed by atoms with Crippen LogP contribution in [0.25, 0.3) is 0 Å². The third kappa shape index (κ3) is 3.29. The van der Waals surface area contributed by atoms with Gasteiger partial charge in [-0.25, -0.2) is 0 Å². The summed E-state index contributed by atoms with van der Waals surface area (Å²) in [4.78, 5) is 18.8. The van der Waals surface area contributed by atoms with Gasteiger partial charge in [0.05, 0.1) is 25.4 Å². The number of furan rings is 1. The fraction of sp³-hybridized carbons (Fsp3) is 0.562. The summed E-state index contributed by atoms with van der Waals surface area (Å²) in [6.07, 6.45) is 5.90. The molecule has 0 spiro atoms. The standard InChI is InChI=1S/C16H20N4O3/c21-14(17-9-12-3-2-8-22-12)10-20-7-1-4-13(20)15-18-16(23-19-15)11-5-6-11/h2-3,8,11,13H,1,4-7,9-10H2,(H,17,21). The molecule has 0 radical (unpaired) electrons. The molecule has 2 aromatic heterocycles. The highest BCUT2D eigenvalue weighted by Crippen LogP contribution is 2.40. The molecule has 3 heterocycles. The highest BCUT2D eigenvalue weighted by atomic mass is 16.5. The molecule has 1 unspecified atom stereocenters. The van der Waals surface area contributed by atoms with Crippen LogP contribution in [-0.2, 0) is 11.3 Å². The molecule has 1 N–H and O–H groups in total. The number of likely N-dealkylation sites (tertiary alicyclic amines) is 1. The molecule has 1 saturated heterocycles. The maximum atomic E-state index is 12.1. The Balaban J connectivity index is 1.34. The predicted octanol–water partition coefficient (Wildman–Crippen LogP) is 1.99. The van der Waals surface area contributed by atoms with Crippen LogP contribution in [-0.4, -0.2) is 34.0 Å². The summed E-state index contributed by atoms with van der Waals surface area (Å²) in [5.41, 5.74) is 0. The van der Waals surface area contributed by atoms with Crippen molar-refractivity contribution in [3.05, 3.63) is 35.9 Å². The molecule has 7 heteroatoms. The minimum Gasteiger partial charge on any atom is -0.467 e. The van der Waals surface area contributed by atoms with Crippen molar-refractivity contribution in [3.63, 3.8) is 0 Å². The van der Waals surface area contributed by atoms with E-state index in [0.29, 0.717) is 19.0 Å². The molecule has 2 fully saturated rings. The van der Waals surface area contributed by atoms with Crippen molar-refractivity contribution in [3.8, 4) is 0 Å². The quantitative estimate of drug-likeness (QED) is 0.877. The molecule has 1 amide bonds. The Hall–Kier alpha value is -2.15. The molecule has 1 saturated carbocycles. The topological polar surface area (TPSA) is 84.4 Å². The second kappa shape index (κ2) is 6.16. The van der Waals surface area contributed by atoms with Crippen molar-refractivity contribution in [2.75, 3.05) is 13.1 Å². The van der Waals surface area contributed by atoms with Gasteiger partial charge in [0.15, 0.2) is 5.82 Å². The summed E-state index contributed by atoms with van der Waals surface area (Å²) in [5, 5.41) is 7.01. The lowest BCUT2D eigenvalue weighted by Crippen LogP contribution is -2.36. The number of carbonyl (C=O) groups excluding carboxylic acids is 1. The predicted molar refractivity (Wildman–Crippen MR) is 80.4 cm³/mol. The summed E-state index contributed by atoms with van der Waals surface area (Å²) < 4.78 is 10.6. The van der Waals surface area contributed by atoms with Gasteiger partial charge in [0.2, 0.25) is 11.8 Å². The van der Waals surface area contributed by atoms with E-state index in [4.69, 9.17) is 8.94 Å². The monoisotopic (exact) mass is 316 g/mol. The molecule has 1 aliphatic carbocycles. The first-order valence-electron chi connectivity index (χ1n) is 8.16. The van der Waals surface area contributed by atoms with E-state index >= 15 is 0 Å². The molecule has 2 aliphatic rings. The molecule has 1 aliphatic heterocycles. The second-order valence-electron chi connectivity index (χ2n) is 6.25. The van der Waals surface area contributed by atoms with Gasteiger partial charge in [-0.2, -0.15) is 4.98 Å². The Kier molecular flexibility index (Phi) is 3.87. The van der Waals surface area contributed by atoms with Crippen LogP contribution in [0.2, 0.25) is 0 Å². The lowest BCUT2D eigenvalue weighted by molar-refractivity contribution is -0.122. The van der Waals surface area contributed by atoms with Crippen LogP contribution in [0.3, 0.4) is 0 Å². The van der Waals surface area contributed by atoms with Crippen LogP contribution >= 0.6 is 0 Å². The van der Waals surface area contributed by atoms with Gasteiger partial charge >= 0.3 is 0 Å². The van der Waals surface area contributed by atoms with Gasteiger partial charge in [-0.15, -0.1) is 0 Å². The fourth-order valence-electron chi connectivity index (χ4n) is 3.03. The first kappa shape index (κ1) is 14.4. The van der Waals surface area contributed by atoms with Gasteiger partial charge in [-0.3, -0.25) is 9.69 Å². The molecule has 7 nitrogen and oxygen atoms in total. The Morgan fingerprint density at radius 1 is 1.39 bits per heavy atom. The number of carbonyl (C=O) groups is 1. The minimum absolute atomic E-state index is 0.0146. The lowest BCUT2D eigenvalue weighted by atomic mass is 10.2. The summed E-state index contributed by atoms with van der Waals surface area (Å²) >= 11 is 0. The minimum atomic E-state index is -0.0146. The number of hydrogen-bond acceptors (Lipinski definition) is 6. The van der Waals surface area contributed by atoms with E-state index in [1.807, 2.05) is 12.1 Å². The van der Waals surface area contributed by atoms with Crippen molar-refractivity contribution >= 4 is 5.91 Å². The van der Waals surface area contributed by atoms with Gasteiger partial charge in [-0.05, 0) is 44.4 Å². The SMILES string of the molecule is O=C(CN1CCCC1c1noc(C2CC2)n1)NCc1ccco1. The molecule has 23 heavy (non-hydrogen) atoms. The van der Waals surface area contributed by atoms with E-state index in [-0.39, 0.29) is 11.9 Å². The number of nitrogens with one attached hydrogen (secondary N) is 1. The Morgan fingerprint density at radius 3 is 3.09 bits per heavy atom. The van der Waals surface area contributed by atoms with Crippen molar-refractivity contribution in [2.45, 2.75) is 44.2 Å². The number of amides is 1. The second-order valence-corrected chi connectivity index (χ2v) is 6.25. The first-order valence-corrected chi connectivity index (χ1v) is 8.16. The zero-order valence-electron chi connectivity index (χ0n) is 12.9. The van der Waals surface area contributed by atoms with Crippen molar-refractivity contribution in [2.24, 2.45) is 0 Å². The first-order chi connectivity index (χ1) is 11.3. The van der Waals surface area contributed by atoms with Gasteiger partial charge in [-0.1, -0.05) is 5.16 Å². The van der Waals surface area contributed by atoms with Crippen LogP contribution in [0.5, 0.6) is 0 Å². The van der Waals surface area contributed by atoms with E-state index in [9.17, 15) is 4.79 Å². The highest BCUT2D eigenvalue weighted by molar-refractivity contribution is 5.78. The number of rotatable bonds is 6. The molecule has 2 aromatic rings. The zero-order valence-corrected chi connectivity index (χ0v) is 12.9. The smallest absolute Gasteiger partial charge is 0.234 e. The fourth-order valence-corrected chi connectivity index (χ4v) is 3.03. The van der Waals surface area contributed by atoms with Gasteiger partial charge in [0, 0.05) is 5.92 Å². The highest BCUT2D eigenvalue weighted by Gasteiger charge is 2.34. The largest absolute Gasteiger partial charge is 0.467 e. The Labute approximate surface area is 134 Å². The van der Waals surface area contributed by atoms with Crippen LogP contribution in [0.4, 0.5) is 0 Å². The van der Waals surface area contributed by atoms with E-state index < -0.39 is 0 Å². The van der Waals surface area contributed by atoms with E-state index in [0.717, 1.165) is 49.7 Å². The van der Waals surface area contributed by atoms with Crippen molar-refractivity contribution in [1.82, 2.24) is 20.4 Å². The normalized spacial score (nSPS) is 21.7. The molecular weight excluding hydrogens is 296 g/mol. The zero-order chi connectivity index (χ0) is 15.6. The van der Waals surface area contributed by atoms with E-state index in [1.54, 1.807) is 6.26 Å². The summed E-state index contributed by atoms with van der Waals surface area (Å²) in [7, 11) is 0. The average Bonchev–Trinajstić information content (AvgIpc) is 2.99. The summed E-state index contributed by atoms with van der Waals surface area (Å²) in [6, 6.07) is 3.74. The molecular formula is C16H20N4O3. The Morgan fingerprint density at radius 2 is 2.30 bits per heavy atom. The molecule has 1 atom stereocenters. The third-order valence-corrected chi connectivity index (χ3v) is 4.43. The molecule has 0 bridgehead atoms. The van der Waals surface area contributed by atoms with E-state index in [1.165, 1.54) is 0 Å². The third-order valence-electron chi connectivity index (χ3n) is 4.43.